The summed E-state index contributed by atoms with van der Waals surface area (Å²) in [5.74, 6) is -1.09. The number of carbonyl (C=O) groups is 1. The van der Waals surface area contributed by atoms with Crippen LogP contribution in [0.2, 0.25) is 0 Å². The first-order chi connectivity index (χ1) is 14.4. The van der Waals surface area contributed by atoms with Crippen LogP contribution in [0, 0.1) is 5.82 Å². The second kappa shape index (κ2) is 10.1. The number of amides is 1. The molecule has 3 N–H and O–H groups in total. The number of benzene rings is 2. The predicted molar refractivity (Wildman–Crippen MR) is 109 cm³/mol. The summed E-state index contributed by atoms with van der Waals surface area (Å²) in [5.41, 5.74) is -0.0225. The Labute approximate surface area is 175 Å². The molecule has 0 radical (unpaired) electrons. The average Bonchev–Trinajstić information content (AvgIpc) is 2.75. The Morgan fingerprint density at radius 1 is 1.10 bits per heavy atom. The van der Waals surface area contributed by atoms with E-state index >= 15 is 0 Å². The molecule has 1 saturated heterocycles. The third kappa shape index (κ3) is 5.63. The van der Waals surface area contributed by atoms with Crippen LogP contribution in [-0.2, 0) is 14.8 Å². The third-order valence-electron chi connectivity index (χ3n) is 5.03. The highest BCUT2D eigenvalue weighted by Gasteiger charge is 2.33. The fraction of sp³-hybridized carbons (Fsp3) is 0.381. The molecule has 1 heterocycles. The van der Waals surface area contributed by atoms with Crippen LogP contribution in [0.4, 0.5) is 4.39 Å². The first-order valence-corrected chi connectivity index (χ1v) is 11.3. The lowest BCUT2D eigenvalue weighted by Crippen LogP contribution is -2.51. The van der Waals surface area contributed by atoms with Gasteiger partial charge in [-0.25, -0.2) is 17.5 Å². The van der Waals surface area contributed by atoms with Gasteiger partial charge in [0.05, 0.1) is 35.3 Å². The van der Waals surface area contributed by atoms with Gasteiger partial charge < -0.3 is 15.2 Å². The minimum atomic E-state index is -3.72. The van der Waals surface area contributed by atoms with Crippen LogP contribution in [0.25, 0.3) is 0 Å². The summed E-state index contributed by atoms with van der Waals surface area (Å²) in [5, 5.41) is 12.3. The van der Waals surface area contributed by atoms with E-state index < -0.39 is 33.9 Å². The van der Waals surface area contributed by atoms with Crippen molar-refractivity contribution in [2.45, 2.75) is 42.4 Å². The fourth-order valence-corrected chi connectivity index (χ4v) is 4.75. The summed E-state index contributed by atoms with van der Waals surface area (Å²) in [6, 6.07) is 13.2. The van der Waals surface area contributed by atoms with Crippen LogP contribution in [0.3, 0.4) is 0 Å². The molecule has 2 aromatic carbocycles. The van der Waals surface area contributed by atoms with Crippen LogP contribution in [0.5, 0.6) is 0 Å². The van der Waals surface area contributed by atoms with Crippen molar-refractivity contribution in [1.29, 1.82) is 0 Å². The second-order valence-electron chi connectivity index (χ2n) is 7.12. The molecule has 7 nitrogen and oxygen atoms in total. The van der Waals surface area contributed by atoms with Gasteiger partial charge in [-0.3, -0.25) is 4.79 Å². The first kappa shape index (κ1) is 22.4. The van der Waals surface area contributed by atoms with E-state index in [2.05, 4.69) is 10.0 Å². The molecule has 2 aromatic rings. The quantitative estimate of drug-likeness (QED) is 0.586. The summed E-state index contributed by atoms with van der Waals surface area (Å²) in [7, 11) is -3.72. The molecule has 0 aromatic heterocycles. The van der Waals surface area contributed by atoms with Gasteiger partial charge in [0, 0.05) is 6.54 Å². The van der Waals surface area contributed by atoms with E-state index in [1.807, 2.05) is 0 Å². The van der Waals surface area contributed by atoms with Crippen molar-refractivity contribution >= 4 is 15.9 Å². The van der Waals surface area contributed by atoms with Gasteiger partial charge in [-0.2, -0.15) is 0 Å². The summed E-state index contributed by atoms with van der Waals surface area (Å²) in [4.78, 5) is 12.2. The molecule has 9 heteroatoms. The van der Waals surface area contributed by atoms with Crippen molar-refractivity contribution in [3.05, 3.63) is 66.0 Å². The lowest BCUT2D eigenvalue weighted by Gasteiger charge is -2.36. The summed E-state index contributed by atoms with van der Waals surface area (Å²) >= 11 is 0. The van der Waals surface area contributed by atoms with E-state index in [1.54, 1.807) is 24.3 Å². The molecular weight excluding hydrogens is 411 g/mol. The second-order valence-corrected chi connectivity index (χ2v) is 8.84. The van der Waals surface area contributed by atoms with Crippen LogP contribution in [0.1, 0.15) is 29.6 Å². The molecule has 0 aliphatic carbocycles. The van der Waals surface area contributed by atoms with Crippen molar-refractivity contribution in [2.75, 3.05) is 13.2 Å². The smallest absolute Gasteiger partial charge is 0.254 e. The van der Waals surface area contributed by atoms with Gasteiger partial charge >= 0.3 is 0 Å². The maximum atomic E-state index is 13.7. The molecule has 1 aliphatic heterocycles. The van der Waals surface area contributed by atoms with Crippen molar-refractivity contribution in [3.63, 3.8) is 0 Å². The van der Waals surface area contributed by atoms with E-state index in [0.717, 1.165) is 0 Å². The number of halogens is 1. The topological polar surface area (TPSA) is 105 Å². The lowest BCUT2D eigenvalue weighted by molar-refractivity contribution is -0.0871. The van der Waals surface area contributed by atoms with E-state index in [4.69, 9.17) is 4.74 Å². The Kier molecular flexibility index (Phi) is 7.54. The fourth-order valence-electron chi connectivity index (χ4n) is 3.43. The number of hydrogen-bond acceptors (Lipinski definition) is 5. The van der Waals surface area contributed by atoms with Gasteiger partial charge in [0.2, 0.25) is 10.0 Å². The molecule has 1 fully saturated rings. The van der Waals surface area contributed by atoms with Gasteiger partial charge in [-0.15, -0.1) is 0 Å². The maximum Gasteiger partial charge on any atom is 0.254 e. The van der Waals surface area contributed by atoms with Crippen molar-refractivity contribution in [2.24, 2.45) is 0 Å². The lowest BCUT2D eigenvalue weighted by atomic mass is 9.98. The average molecular weight is 437 g/mol. The van der Waals surface area contributed by atoms with Crippen LogP contribution < -0.4 is 10.0 Å². The minimum absolute atomic E-state index is 0.0225. The standard InChI is InChI=1S/C21H25FN2O5S/c22-18-9-5-4-8-17(18)21(26)23-13-12-15-10-11-19(20(14-25)29-15)24-30(27,28)16-6-2-1-3-7-16/h1-9,15,19-20,24-25H,10-14H2,(H,23,26)/t15-,19+,20-/m1/s1. The Morgan fingerprint density at radius 2 is 1.80 bits per heavy atom. The SMILES string of the molecule is O=C(NCC[C@H]1CC[C@H](NS(=O)(=O)c2ccccc2)[C@@H](CO)O1)c1ccccc1F. The molecule has 3 rings (SSSR count). The van der Waals surface area contributed by atoms with Gasteiger partial charge in [-0.05, 0) is 43.5 Å². The molecule has 1 aliphatic rings. The minimum Gasteiger partial charge on any atom is -0.394 e. The van der Waals surface area contributed by atoms with Gasteiger partial charge in [0.1, 0.15) is 5.82 Å². The van der Waals surface area contributed by atoms with Gasteiger partial charge in [0.15, 0.2) is 0 Å². The summed E-state index contributed by atoms with van der Waals surface area (Å²) < 4.78 is 47.2. The highest BCUT2D eigenvalue weighted by molar-refractivity contribution is 7.89. The summed E-state index contributed by atoms with van der Waals surface area (Å²) in [6.07, 6.45) is 0.580. The largest absolute Gasteiger partial charge is 0.394 e. The van der Waals surface area contributed by atoms with Gasteiger partial charge in [-0.1, -0.05) is 30.3 Å². The van der Waals surface area contributed by atoms with E-state index in [0.29, 0.717) is 19.3 Å². The normalized spacial score (nSPS) is 21.9. The number of aliphatic hydroxyl groups is 1. The maximum absolute atomic E-state index is 13.7. The highest BCUT2D eigenvalue weighted by Crippen LogP contribution is 2.23. The Morgan fingerprint density at radius 3 is 2.50 bits per heavy atom. The van der Waals surface area contributed by atoms with E-state index in [9.17, 15) is 22.7 Å². The number of aliphatic hydroxyl groups excluding tert-OH is 1. The van der Waals surface area contributed by atoms with Gasteiger partial charge in [0.25, 0.3) is 5.91 Å². The van der Waals surface area contributed by atoms with Crippen LogP contribution in [0.15, 0.2) is 59.5 Å². The molecule has 162 valence electrons. The monoisotopic (exact) mass is 436 g/mol. The number of nitrogens with one attached hydrogen (secondary N) is 2. The van der Waals surface area contributed by atoms with Crippen molar-refractivity contribution < 1.29 is 27.4 Å². The molecule has 3 atom stereocenters. The molecule has 0 saturated carbocycles. The first-order valence-electron chi connectivity index (χ1n) is 9.77. The molecular formula is C21H25FN2O5S. The third-order valence-corrected chi connectivity index (χ3v) is 6.53. The van der Waals surface area contributed by atoms with Crippen LogP contribution in [-0.4, -0.2) is 50.8 Å². The van der Waals surface area contributed by atoms with Crippen molar-refractivity contribution in [1.82, 2.24) is 10.0 Å². The number of ether oxygens (including phenoxy) is 1. The summed E-state index contributed by atoms with van der Waals surface area (Å²) in [6.45, 7) is -0.0591. The number of hydrogen-bond donors (Lipinski definition) is 3. The predicted octanol–water partition coefficient (Wildman–Crippen LogP) is 1.83. The van der Waals surface area contributed by atoms with Crippen LogP contribution >= 0.6 is 0 Å². The highest BCUT2D eigenvalue weighted by atomic mass is 32.2. The zero-order valence-corrected chi connectivity index (χ0v) is 17.1. The Hall–Kier alpha value is -2.33. The van der Waals surface area contributed by atoms with E-state index in [-0.39, 0.29) is 29.7 Å². The molecule has 0 bridgehead atoms. The molecule has 0 spiro atoms. The number of sulfonamides is 1. The van der Waals surface area contributed by atoms with Crippen molar-refractivity contribution in [3.8, 4) is 0 Å². The Bertz CT molecular complexity index is 955. The molecule has 1 amide bonds. The number of rotatable bonds is 8. The van der Waals surface area contributed by atoms with E-state index in [1.165, 1.54) is 30.3 Å². The zero-order valence-electron chi connectivity index (χ0n) is 16.3. The number of carbonyl (C=O) groups excluding carboxylic acids is 1. The molecule has 30 heavy (non-hydrogen) atoms. The Balaban J connectivity index is 1.51. The zero-order chi connectivity index (χ0) is 21.6. The molecule has 0 unspecified atom stereocenters.